The molecule has 0 bridgehead atoms. The van der Waals surface area contributed by atoms with Gasteiger partial charge in [0.1, 0.15) is 18.2 Å². The third-order valence-electron chi connectivity index (χ3n) is 3.54. The Morgan fingerprint density at radius 1 is 1.14 bits per heavy atom. The normalized spacial score (nSPS) is 11.0. The van der Waals surface area contributed by atoms with Crippen LogP contribution in [0, 0.1) is 13.8 Å². The van der Waals surface area contributed by atoms with Crippen molar-refractivity contribution in [3.63, 3.8) is 0 Å². The molecule has 1 aromatic heterocycles. The topological polar surface area (TPSA) is 53.1 Å². The zero-order valence-electron chi connectivity index (χ0n) is 12.3. The van der Waals surface area contributed by atoms with Crippen LogP contribution in [0.15, 0.2) is 42.5 Å². The number of nitrogen functional groups attached to an aromatic ring is 1. The van der Waals surface area contributed by atoms with Crippen LogP contribution in [-0.2, 0) is 6.54 Å². The second kappa shape index (κ2) is 5.48. The van der Waals surface area contributed by atoms with Gasteiger partial charge in [-0.2, -0.15) is 0 Å². The molecule has 2 aromatic carbocycles. The number of fused-ring (bicyclic) bond motifs is 1. The van der Waals surface area contributed by atoms with Crippen molar-refractivity contribution >= 4 is 16.7 Å². The van der Waals surface area contributed by atoms with Gasteiger partial charge in [0.25, 0.3) is 0 Å². The maximum Gasteiger partial charge on any atom is 0.119 e. The van der Waals surface area contributed by atoms with Gasteiger partial charge < -0.3 is 15.0 Å². The van der Waals surface area contributed by atoms with E-state index >= 15 is 0 Å². The molecular formula is C17H19N3O. The van der Waals surface area contributed by atoms with Crippen LogP contribution in [0.1, 0.15) is 11.4 Å². The summed E-state index contributed by atoms with van der Waals surface area (Å²) in [6.45, 7) is 5.44. The quantitative estimate of drug-likeness (QED) is 0.746. The molecule has 0 saturated carbocycles. The monoisotopic (exact) mass is 281 g/mol. The highest BCUT2D eigenvalue weighted by Crippen LogP contribution is 2.19. The Morgan fingerprint density at radius 3 is 2.81 bits per heavy atom. The van der Waals surface area contributed by atoms with Crippen LogP contribution in [0.5, 0.6) is 5.75 Å². The fourth-order valence-corrected chi connectivity index (χ4v) is 2.51. The number of nitrogens with zero attached hydrogens (tertiary/aromatic N) is 2. The zero-order valence-corrected chi connectivity index (χ0v) is 12.3. The molecule has 0 aliphatic carbocycles. The van der Waals surface area contributed by atoms with Gasteiger partial charge in [-0.25, -0.2) is 4.98 Å². The lowest BCUT2D eigenvalue weighted by Crippen LogP contribution is -2.09. The van der Waals surface area contributed by atoms with E-state index in [2.05, 4.69) is 22.5 Å². The number of aryl methyl sites for hydroxylation is 2. The second-order valence-electron chi connectivity index (χ2n) is 5.22. The number of aromatic nitrogens is 2. The number of hydrogen-bond acceptors (Lipinski definition) is 3. The molecule has 21 heavy (non-hydrogen) atoms. The zero-order chi connectivity index (χ0) is 14.8. The molecule has 0 atom stereocenters. The van der Waals surface area contributed by atoms with E-state index < -0.39 is 0 Å². The summed E-state index contributed by atoms with van der Waals surface area (Å²) in [5.41, 5.74) is 9.77. The molecule has 0 radical (unpaired) electrons. The molecule has 0 aliphatic rings. The lowest BCUT2D eigenvalue weighted by atomic mass is 10.2. The van der Waals surface area contributed by atoms with E-state index in [0.717, 1.165) is 34.8 Å². The molecule has 0 spiro atoms. The summed E-state index contributed by atoms with van der Waals surface area (Å²) >= 11 is 0. The largest absolute Gasteiger partial charge is 0.492 e. The van der Waals surface area contributed by atoms with Crippen LogP contribution in [0.25, 0.3) is 11.0 Å². The number of benzene rings is 2. The Morgan fingerprint density at radius 2 is 2.00 bits per heavy atom. The summed E-state index contributed by atoms with van der Waals surface area (Å²) in [4.78, 5) is 4.54. The summed E-state index contributed by atoms with van der Waals surface area (Å²) < 4.78 is 7.97. The first kappa shape index (κ1) is 13.5. The Kier molecular flexibility index (Phi) is 3.52. The van der Waals surface area contributed by atoms with Gasteiger partial charge >= 0.3 is 0 Å². The van der Waals surface area contributed by atoms with Crippen LogP contribution in [-0.4, -0.2) is 16.2 Å². The molecule has 108 valence electrons. The van der Waals surface area contributed by atoms with Crippen molar-refractivity contribution in [1.29, 1.82) is 0 Å². The van der Waals surface area contributed by atoms with Gasteiger partial charge in [0.05, 0.1) is 17.6 Å². The van der Waals surface area contributed by atoms with Crippen molar-refractivity contribution in [2.75, 3.05) is 12.3 Å². The van der Waals surface area contributed by atoms with E-state index in [1.54, 1.807) is 0 Å². The van der Waals surface area contributed by atoms with Gasteiger partial charge in [-0.15, -0.1) is 0 Å². The molecule has 3 rings (SSSR count). The summed E-state index contributed by atoms with van der Waals surface area (Å²) in [6.07, 6.45) is 0. The SMILES string of the molecule is Cc1cccc(OCCn2c(C)nc3cc(N)ccc32)c1. The van der Waals surface area contributed by atoms with Crippen LogP contribution in [0.2, 0.25) is 0 Å². The molecule has 4 nitrogen and oxygen atoms in total. The van der Waals surface area contributed by atoms with E-state index in [-0.39, 0.29) is 0 Å². The molecule has 0 fully saturated rings. The number of ether oxygens (including phenoxy) is 1. The third-order valence-corrected chi connectivity index (χ3v) is 3.54. The molecule has 0 amide bonds. The fraction of sp³-hybridized carbons (Fsp3) is 0.235. The highest BCUT2D eigenvalue weighted by molar-refractivity contribution is 5.79. The van der Waals surface area contributed by atoms with Gasteiger partial charge in [0, 0.05) is 5.69 Å². The van der Waals surface area contributed by atoms with Gasteiger partial charge in [-0.1, -0.05) is 12.1 Å². The molecule has 2 N–H and O–H groups in total. The van der Waals surface area contributed by atoms with Crippen molar-refractivity contribution in [3.8, 4) is 5.75 Å². The van der Waals surface area contributed by atoms with Crippen LogP contribution in [0.4, 0.5) is 5.69 Å². The Hall–Kier alpha value is -2.49. The molecular weight excluding hydrogens is 262 g/mol. The van der Waals surface area contributed by atoms with E-state index in [4.69, 9.17) is 10.5 Å². The fourth-order valence-electron chi connectivity index (χ4n) is 2.51. The predicted octanol–water partition coefficient (Wildman–Crippen LogP) is 3.31. The highest BCUT2D eigenvalue weighted by Gasteiger charge is 2.07. The first-order chi connectivity index (χ1) is 10.1. The van der Waals surface area contributed by atoms with Crippen LogP contribution in [0.3, 0.4) is 0 Å². The molecule has 0 saturated heterocycles. The Labute approximate surface area is 124 Å². The number of hydrogen-bond donors (Lipinski definition) is 1. The minimum absolute atomic E-state index is 0.611. The summed E-state index contributed by atoms with van der Waals surface area (Å²) in [7, 11) is 0. The van der Waals surface area contributed by atoms with E-state index in [9.17, 15) is 0 Å². The number of anilines is 1. The third kappa shape index (κ3) is 2.84. The van der Waals surface area contributed by atoms with Crippen molar-refractivity contribution < 1.29 is 4.74 Å². The van der Waals surface area contributed by atoms with E-state index in [1.807, 2.05) is 43.3 Å². The average Bonchev–Trinajstić information content (AvgIpc) is 2.74. The van der Waals surface area contributed by atoms with Crippen LogP contribution >= 0.6 is 0 Å². The molecule has 4 heteroatoms. The Balaban J connectivity index is 1.75. The second-order valence-corrected chi connectivity index (χ2v) is 5.22. The van der Waals surface area contributed by atoms with Crippen molar-refractivity contribution in [1.82, 2.24) is 9.55 Å². The lowest BCUT2D eigenvalue weighted by Gasteiger charge is -2.09. The summed E-state index contributed by atoms with van der Waals surface area (Å²) in [5, 5.41) is 0. The lowest BCUT2D eigenvalue weighted by molar-refractivity contribution is 0.299. The predicted molar refractivity (Wildman–Crippen MR) is 85.6 cm³/mol. The van der Waals surface area contributed by atoms with Gasteiger partial charge in [-0.05, 0) is 49.7 Å². The highest BCUT2D eigenvalue weighted by atomic mass is 16.5. The Bertz CT molecular complexity index is 777. The van der Waals surface area contributed by atoms with E-state index in [1.165, 1.54) is 5.56 Å². The molecule has 3 aromatic rings. The summed E-state index contributed by atoms with van der Waals surface area (Å²) in [6, 6.07) is 13.9. The maximum absolute atomic E-state index is 5.81. The van der Waals surface area contributed by atoms with E-state index in [0.29, 0.717) is 6.61 Å². The summed E-state index contributed by atoms with van der Waals surface area (Å²) in [5.74, 6) is 1.88. The van der Waals surface area contributed by atoms with Crippen LogP contribution < -0.4 is 10.5 Å². The van der Waals surface area contributed by atoms with Gasteiger partial charge in [-0.3, -0.25) is 0 Å². The molecule has 0 aliphatic heterocycles. The number of imidazole rings is 1. The van der Waals surface area contributed by atoms with Crippen molar-refractivity contribution in [2.24, 2.45) is 0 Å². The average molecular weight is 281 g/mol. The van der Waals surface area contributed by atoms with Gasteiger partial charge in [0.15, 0.2) is 0 Å². The smallest absolute Gasteiger partial charge is 0.119 e. The first-order valence-electron chi connectivity index (χ1n) is 7.05. The van der Waals surface area contributed by atoms with Crippen molar-refractivity contribution in [3.05, 3.63) is 53.9 Å². The minimum Gasteiger partial charge on any atom is -0.492 e. The number of nitrogens with two attached hydrogens (primary N) is 1. The first-order valence-corrected chi connectivity index (χ1v) is 7.05. The van der Waals surface area contributed by atoms with Crippen molar-refractivity contribution in [2.45, 2.75) is 20.4 Å². The molecule has 0 unspecified atom stereocenters. The van der Waals surface area contributed by atoms with Gasteiger partial charge in [0.2, 0.25) is 0 Å². The molecule has 1 heterocycles. The number of rotatable bonds is 4. The maximum atomic E-state index is 5.81. The standard InChI is InChI=1S/C17H19N3O/c1-12-4-3-5-15(10-12)21-9-8-20-13(2)19-16-11-14(18)6-7-17(16)20/h3-7,10-11H,8-9,18H2,1-2H3. The minimum atomic E-state index is 0.611.